The van der Waals surface area contributed by atoms with Crippen molar-refractivity contribution < 1.29 is 14.3 Å². The smallest absolute Gasteiger partial charge is 0.305 e. The maximum absolute atomic E-state index is 11.7. The Balaban J connectivity index is 1.62. The third-order valence-electron chi connectivity index (χ3n) is 3.86. The van der Waals surface area contributed by atoms with Gasteiger partial charge in [0.1, 0.15) is 0 Å². The fourth-order valence-electron chi connectivity index (χ4n) is 2.39. The number of carbonyl (C=O) groups is 2. The molecule has 0 fully saturated rings. The number of hydrogen-bond acceptors (Lipinski definition) is 5. The number of nitrogens with one attached hydrogen (secondary N) is 1. The summed E-state index contributed by atoms with van der Waals surface area (Å²) in [6.07, 6.45) is 11.2. The SMILES string of the molecule is COC(=O)CCCCCCC(=O)N/N=C/c1ccc(-n2ccnc2)cc1. The van der Waals surface area contributed by atoms with Gasteiger partial charge in [-0.25, -0.2) is 10.4 Å². The molecule has 1 aromatic carbocycles. The number of nitrogens with zero attached hydrogens (tertiary/aromatic N) is 3. The van der Waals surface area contributed by atoms with E-state index >= 15 is 0 Å². The van der Waals surface area contributed by atoms with Crippen molar-refractivity contribution in [1.29, 1.82) is 0 Å². The molecule has 0 atom stereocenters. The fourth-order valence-corrected chi connectivity index (χ4v) is 2.39. The number of unbranched alkanes of at least 4 members (excludes halogenated alkanes) is 3. The van der Waals surface area contributed by atoms with E-state index in [4.69, 9.17) is 0 Å². The molecule has 0 saturated carbocycles. The van der Waals surface area contributed by atoms with Gasteiger partial charge in [0.15, 0.2) is 0 Å². The second-order valence-electron chi connectivity index (χ2n) is 5.85. The molecule has 0 unspecified atom stereocenters. The van der Waals surface area contributed by atoms with Gasteiger partial charge < -0.3 is 9.30 Å². The molecule has 0 bridgehead atoms. The minimum absolute atomic E-state index is 0.107. The average Bonchev–Trinajstić information content (AvgIpc) is 3.19. The lowest BCUT2D eigenvalue weighted by atomic mass is 10.1. The molecule has 7 heteroatoms. The number of imidazole rings is 1. The Bertz CT molecular complexity index is 709. The highest BCUT2D eigenvalue weighted by molar-refractivity contribution is 5.82. The molecule has 1 heterocycles. The zero-order valence-corrected chi connectivity index (χ0v) is 14.9. The van der Waals surface area contributed by atoms with E-state index in [2.05, 4.69) is 20.2 Å². The molecule has 0 spiro atoms. The summed E-state index contributed by atoms with van der Waals surface area (Å²) in [4.78, 5) is 26.7. The number of amides is 1. The lowest BCUT2D eigenvalue weighted by Crippen LogP contribution is -2.16. The van der Waals surface area contributed by atoms with Gasteiger partial charge in [0.05, 0.1) is 19.7 Å². The molecule has 1 N–H and O–H groups in total. The highest BCUT2D eigenvalue weighted by Gasteiger charge is 2.02. The van der Waals surface area contributed by atoms with E-state index in [1.165, 1.54) is 7.11 Å². The van der Waals surface area contributed by atoms with Crippen molar-refractivity contribution in [3.05, 3.63) is 48.5 Å². The summed E-state index contributed by atoms with van der Waals surface area (Å²) in [6, 6.07) is 7.76. The van der Waals surface area contributed by atoms with Crippen molar-refractivity contribution in [1.82, 2.24) is 15.0 Å². The molecule has 0 radical (unpaired) electrons. The van der Waals surface area contributed by atoms with Gasteiger partial charge in [-0.1, -0.05) is 25.0 Å². The van der Waals surface area contributed by atoms with Gasteiger partial charge in [-0.3, -0.25) is 9.59 Å². The number of hydrazone groups is 1. The van der Waals surface area contributed by atoms with E-state index in [1.54, 1.807) is 18.7 Å². The van der Waals surface area contributed by atoms with Gasteiger partial charge >= 0.3 is 5.97 Å². The molecule has 2 aromatic rings. The molecule has 0 aliphatic carbocycles. The molecule has 0 aliphatic heterocycles. The number of esters is 1. The molecule has 7 nitrogen and oxygen atoms in total. The van der Waals surface area contributed by atoms with E-state index < -0.39 is 0 Å². The van der Waals surface area contributed by atoms with E-state index in [0.29, 0.717) is 12.8 Å². The predicted octanol–water partition coefficient (Wildman–Crippen LogP) is 2.84. The number of ether oxygens (including phenoxy) is 1. The Morgan fingerprint density at radius 1 is 1.15 bits per heavy atom. The monoisotopic (exact) mass is 356 g/mol. The van der Waals surface area contributed by atoms with Crippen LogP contribution in [0.1, 0.15) is 44.1 Å². The van der Waals surface area contributed by atoms with Crippen LogP contribution in [0.3, 0.4) is 0 Å². The number of hydrogen-bond donors (Lipinski definition) is 1. The normalized spacial score (nSPS) is 10.8. The van der Waals surface area contributed by atoms with Crippen molar-refractivity contribution in [3.8, 4) is 5.69 Å². The van der Waals surface area contributed by atoms with Crippen molar-refractivity contribution >= 4 is 18.1 Å². The Hall–Kier alpha value is -2.96. The van der Waals surface area contributed by atoms with Gasteiger partial charge in [-0.05, 0) is 30.5 Å². The van der Waals surface area contributed by atoms with Crippen molar-refractivity contribution in [2.45, 2.75) is 38.5 Å². The first-order chi connectivity index (χ1) is 12.7. The van der Waals surface area contributed by atoms with Gasteiger partial charge in [-0.2, -0.15) is 5.10 Å². The van der Waals surface area contributed by atoms with Crippen LogP contribution in [0, 0.1) is 0 Å². The van der Waals surface area contributed by atoms with Crippen LogP contribution in [0.4, 0.5) is 0 Å². The molecule has 0 aliphatic rings. The van der Waals surface area contributed by atoms with Crippen molar-refractivity contribution in [2.24, 2.45) is 5.10 Å². The molecule has 138 valence electrons. The van der Waals surface area contributed by atoms with E-state index in [-0.39, 0.29) is 11.9 Å². The van der Waals surface area contributed by atoms with Gasteiger partial charge in [-0.15, -0.1) is 0 Å². The zero-order chi connectivity index (χ0) is 18.6. The summed E-state index contributed by atoms with van der Waals surface area (Å²) < 4.78 is 6.49. The summed E-state index contributed by atoms with van der Waals surface area (Å²) >= 11 is 0. The zero-order valence-electron chi connectivity index (χ0n) is 14.9. The molecule has 0 saturated heterocycles. The van der Waals surface area contributed by atoms with Crippen LogP contribution < -0.4 is 5.43 Å². The first-order valence-electron chi connectivity index (χ1n) is 8.66. The van der Waals surface area contributed by atoms with Crippen LogP contribution in [0.5, 0.6) is 0 Å². The largest absolute Gasteiger partial charge is 0.469 e. The average molecular weight is 356 g/mol. The van der Waals surface area contributed by atoms with Crippen LogP contribution in [-0.4, -0.2) is 34.8 Å². The van der Waals surface area contributed by atoms with Crippen LogP contribution in [0.2, 0.25) is 0 Å². The van der Waals surface area contributed by atoms with E-state index in [9.17, 15) is 9.59 Å². The van der Waals surface area contributed by atoms with E-state index in [0.717, 1.165) is 36.9 Å². The third kappa shape index (κ3) is 6.88. The summed E-state index contributed by atoms with van der Waals surface area (Å²) in [5.74, 6) is -0.292. The number of carbonyl (C=O) groups excluding carboxylic acids is 2. The molecule has 26 heavy (non-hydrogen) atoms. The van der Waals surface area contributed by atoms with Crippen LogP contribution in [0.25, 0.3) is 5.69 Å². The second kappa shape index (κ2) is 10.8. The van der Waals surface area contributed by atoms with Crippen molar-refractivity contribution in [3.63, 3.8) is 0 Å². The quantitative estimate of drug-likeness (QED) is 0.307. The van der Waals surface area contributed by atoms with Crippen molar-refractivity contribution in [2.75, 3.05) is 7.11 Å². The van der Waals surface area contributed by atoms with Crippen LogP contribution >= 0.6 is 0 Å². The first kappa shape index (κ1) is 19.4. The number of rotatable bonds is 10. The molecule has 1 amide bonds. The molecule has 2 rings (SSSR count). The first-order valence-corrected chi connectivity index (χ1v) is 8.66. The maximum atomic E-state index is 11.7. The minimum atomic E-state index is -0.185. The molecular formula is C19H24N4O3. The molecule has 1 aromatic heterocycles. The maximum Gasteiger partial charge on any atom is 0.305 e. The number of benzene rings is 1. The Morgan fingerprint density at radius 2 is 1.88 bits per heavy atom. The summed E-state index contributed by atoms with van der Waals surface area (Å²) in [5.41, 5.74) is 4.44. The van der Waals surface area contributed by atoms with Gasteiger partial charge in [0.2, 0.25) is 5.91 Å². The predicted molar refractivity (Wildman–Crippen MR) is 99.0 cm³/mol. The van der Waals surface area contributed by atoms with E-state index in [1.807, 2.05) is 35.0 Å². The van der Waals surface area contributed by atoms with Gasteiger partial charge in [0.25, 0.3) is 0 Å². The molecular weight excluding hydrogens is 332 g/mol. The third-order valence-corrected chi connectivity index (χ3v) is 3.86. The number of methoxy groups -OCH3 is 1. The van der Waals surface area contributed by atoms with Crippen LogP contribution in [0.15, 0.2) is 48.1 Å². The minimum Gasteiger partial charge on any atom is -0.469 e. The highest BCUT2D eigenvalue weighted by Crippen LogP contribution is 2.08. The number of aromatic nitrogens is 2. The fraction of sp³-hybridized carbons (Fsp3) is 0.368. The second-order valence-corrected chi connectivity index (χ2v) is 5.85. The standard InChI is InChI=1S/C19H24N4O3/c1-26-19(25)7-5-3-2-4-6-18(24)22-21-14-16-8-10-17(11-9-16)23-13-12-20-15-23/h8-15H,2-7H2,1H3,(H,22,24)/b21-14+. The summed E-state index contributed by atoms with van der Waals surface area (Å²) in [6.45, 7) is 0. The summed E-state index contributed by atoms with van der Waals surface area (Å²) in [5, 5.41) is 3.98. The Labute approximate surface area is 153 Å². The lowest BCUT2D eigenvalue weighted by Gasteiger charge is -2.02. The Kier molecular flexibility index (Phi) is 8.05. The summed E-state index contributed by atoms with van der Waals surface area (Å²) in [7, 11) is 1.39. The highest BCUT2D eigenvalue weighted by atomic mass is 16.5. The Morgan fingerprint density at radius 3 is 2.54 bits per heavy atom. The lowest BCUT2D eigenvalue weighted by molar-refractivity contribution is -0.140. The topological polar surface area (TPSA) is 85.6 Å². The van der Waals surface area contributed by atoms with Crippen LogP contribution in [-0.2, 0) is 14.3 Å². The van der Waals surface area contributed by atoms with Gasteiger partial charge in [0, 0.05) is 30.9 Å².